The molecule has 0 bridgehead atoms. The summed E-state index contributed by atoms with van der Waals surface area (Å²) in [5, 5.41) is 13.1. The maximum Gasteiger partial charge on any atom is 0.258 e. The van der Waals surface area contributed by atoms with Crippen molar-refractivity contribution in [2.24, 2.45) is 0 Å². The van der Waals surface area contributed by atoms with Gasteiger partial charge < -0.3 is 14.4 Å². The number of nitrogens with zero attached hydrogens (tertiary/aromatic N) is 2. The van der Waals surface area contributed by atoms with Gasteiger partial charge in [-0.3, -0.25) is 0 Å². The first kappa shape index (κ1) is 12.6. The standard InChI is InChI=1S/C13H16N2O3/c1-3-4-11(17-2)12-14-13(18-15-12)9-5-7-10(16)8-6-9/h5-8,11,16H,3-4H2,1-2H3. The zero-order valence-corrected chi connectivity index (χ0v) is 10.5. The van der Waals surface area contributed by atoms with Gasteiger partial charge in [-0.2, -0.15) is 4.98 Å². The Morgan fingerprint density at radius 2 is 2.06 bits per heavy atom. The van der Waals surface area contributed by atoms with E-state index in [1.807, 2.05) is 0 Å². The summed E-state index contributed by atoms with van der Waals surface area (Å²) >= 11 is 0. The van der Waals surface area contributed by atoms with Crippen LogP contribution in [0.1, 0.15) is 31.7 Å². The fourth-order valence-electron chi connectivity index (χ4n) is 1.70. The van der Waals surface area contributed by atoms with Crippen molar-refractivity contribution in [1.29, 1.82) is 0 Å². The number of aromatic nitrogens is 2. The Balaban J connectivity index is 2.21. The van der Waals surface area contributed by atoms with Crippen LogP contribution in [0.25, 0.3) is 11.5 Å². The van der Waals surface area contributed by atoms with Crippen molar-refractivity contribution < 1.29 is 14.4 Å². The molecule has 5 heteroatoms. The van der Waals surface area contributed by atoms with Crippen LogP contribution in [0.5, 0.6) is 5.75 Å². The quantitative estimate of drug-likeness (QED) is 0.881. The Morgan fingerprint density at radius 1 is 1.33 bits per heavy atom. The molecule has 0 aliphatic heterocycles. The van der Waals surface area contributed by atoms with Crippen LogP contribution in [0.4, 0.5) is 0 Å². The van der Waals surface area contributed by atoms with Gasteiger partial charge >= 0.3 is 0 Å². The van der Waals surface area contributed by atoms with E-state index in [4.69, 9.17) is 9.26 Å². The number of hydrogen-bond donors (Lipinski definition) is 1. The number of aromatic hydroxyl groups is 1. The average Bonchev–Trinajstić information content (AvgIpc) is 2.86. The molecule has 5 nitrogen and oxygen atoms in total. The summed E-state index contributed by atoms with van der Waals surface area (Å²) in [6.07, 6.45) is 1.71. The van der Waals surface area contributed by atoms with Crippen molar-refractivity contribution in [2.75, 3.05) is 7.11 Å². The first-order chi connectivity index (χ1) is 8.74. The topological polar surface area (TPSA) is 68.4 Å². The van der Waals surface area contributed by atoms with E-state index in [1.165, 1.54) is 0 Å². The molecule has 2 rings (SSSR count). The third-order valence-corrected chi connectivity index (χ3v) is 2.68. The molecule has 1 unspecified atom stereocenters. The molecule has 0 aliphatic carbocycles. The van der Waals surface area contributed by atoms with Crippen LogP contribution in [-0.4, -0.2) is 22.4 Å². The lowest BCUT2D eigenvalue weighted by Gasteiger charge is -2.08. The van der Waals surface area contributed by atoms with E-state index in [2.05, 4.69) is 17.1 Å². The largest absolute Gasteiger partial charge is 0.508 e. The van der Waals surface area contributed by atoms with Crippen LogP contribution < -0.4 is 0 Å². The first-order valence-corrected chi connectivity index (χ1v) is 5.90. The molecule has 2 aromatic rings. The predicted octanol–water partition coefficient (Wildman–Crippen LogP) is 2.93. The fraction of sp³-hybridized carbons (Fsp3) is 0.385. The zero-order valence-electron chi connectivity index (χ0n) is 10.5. The van der Waals surface area contributed by atoms with Gasteiger partial charge in [-0.15, -0.1) is 0 Å². The molecule has 0 spiro atoms. The van der Waals surface area contributed by atoms with Crippen LogP contribution >= 0.6 is 0 Å². The lowest BCUT2D eigenvalue weighted by Crippen LogP contribution is -2.03. The van der Waals surface area contributed by atoms with Crippen molar-refractivity contribution in [3.05, 3.63) is 30.1 Å². The van der Waals surface area contributed by atoms with E-state index in [-0.39, 0.29) is 11.9 Å². The lowest BCUT2D eigenvalue weighted by molar-refractivity contribution is 0.0854. The molecule has 96 valence electrons. The highest BCUT2D eigenvalue weighted by molar-refractivity contribution is 5.53. The Labute approximate surface area is 105 Å². The molecule has 1 aromatic carbocycles. The van der Waals surface area contributed by atoms with Crippen LogP contribution in [0.15, 0.2) is 28.8 Å². The zero-order chi connectivity index (χ0) is 13.0. The number of hydrogen-bond acceptors (Lipinski definition) is 5. The summed E-state index contributed by atoms with van der Waals surface area (Å²) in [5.74, 6) is 1.20. The highest BCUT2D eigenvalue weighted by Gasteiger charge is 2.17. The summed E-state index contributed by atoms with van der Waals surface area (Å²) in [4.78, 5) is 4.32. The second-order valence-electron chi connectivity index (χ2n) is 4.02. The Morgan fingerprint density at radius 3 is 2.67 bits per heavy atom. The third kappa shape index (κ3) is 2.68. The molecule has 0 fully saturated rings. The minimum absolute atomic E-state index is 0.135. The van der Waals surface area contributed by atoms with Crippen molar-refractivity contribution >= 4 is 0 Å². The van der Waals surface area contributed by atoms with Crippen molar-refractivity contribution in [3.8, 4) is 17.2 Å². The third-order valence-electron chi connectivity index (χ3n) is 2.68. The maximum absolute atomic E-state index is 9.22. The van der Waals surface area contributed by atoms with Gasteiger partial charge in [0.15, 0.2) is 0 Å². The van der Waals surface area contributed by atoms with Crippen molar-refractivity contribution in [3.63, 3.8) is 0 Å². The Bertz CT molecular complexity index is 493. The van der Waals surface area contributed by atoms with E-state index in [0.717, 1.165) is 18.4 Å². The SMILES string of the molecule is CCCC(OC)c1noc(-c2ccc(O)cc2)n1. The highest BCUT2D eigenvalue weighted by Crippen LogP contribution is 2.24. The number of phenols is 1. The Hall–Kier alpha value is -1.88. The Kier molecular flexibility index (Phi) is 3.94. The highest BCUT2D eigenvalue weighted by atomic mass is 16.5. The predicted molar refractivity (Wildman–Crippen MR) is 66.1 cm³/mol. The normalized spacial score (nSPS) is 12.6. The van der Waals surface area contributed by atoms with Crippen LogP contribution in [0, 0.1) is 0 Å². The van der Waals surface area contributed by atoms with Gasteiger partial charge in [0, 0.05) is 12.7 Å². The summed E-state index contributed by atoms with van der Waals surface area (Å²) in [6, 6.07) is 6.63. The van der Waals surface area contributed by atoms with Gasteiger partial charge in [-0.25, -0.2) is 0 Å². The van der Waals surface area contributed by atoms with E-state index < -0.39 is 0 Å². The van der Waals surface area contributed by atoms with E-state index in [1.54, 1.807) is 31.4 Å². The second-order valence-corrected chi connectivity index (χ2v) is 4.02. The molecule has 1 N–H and O–H groups in total. The number of rotatable bonds is 5. The molecule has 0 aliphatic rings. The molecule has 1 aromatic heterocycles. The number of benzene rings is 1. The summed E-state index contributed by atoms with van der Waals surface area (Å²) in [7, 11) is 1.64. The summed E-state index contributed by atoms with van der Waals surface area (Å²) < 4.78 is 10.5. The number of phenolic OH excluding ortho intramolecular Hbond substituents is 1. The van der Waals surface area contributed by atoms with Gasteiger partial charge in [0.1, 0.15) is 11.9 Å². The summed E-state index contributed by atoms with van der Waals surface area (Å²) in [5.41, 5.74) is 0.776. The molecule has 0 radical (unpaired) electrons. The van der Waals surface area contributed by atoms with Gasteiger partial charge in [-0.05, 0) is 30.7 Å². The molecular weight excluding hydrogens is 232 g/mol. The molecule has 0 amide bonds. The van der Waals surface area contributed by atoms with E-state index in [0.29, 0.717) is 11.7 Å². The molecule has 0 saturated carbocycles. The minimum atomic E-state index is -0.135. The van der Waals surface area contributed by atoms with Gasteiger partial charge in [0.2, 0.25) is 5.82 Å². The lowest BCUT2D eigenvalue weighted by atomic mass is 10.2. The second kappa shape index (κ2) is 5.64. The first-order valence-electron chi connectivity index (χ1n) is 5.90. The molecule has 1 heterocycles. The smallest absolute Gasteiger partial charge is 0.258 e. The molecule has 18 heavy (non-hydrogen) atoms. The number of methoxy groups -OCH3 is 1. The maximum atomic E-state index is 9.22. The minimum Gasteiger partial charge on any atom is -0.508 e. The van der Waals surface area contributed by atoms with Crippen LogP contribution in [0.3, 0.4) is 0 Å². The van der Waals surface area contributed by atoms with Gasteiger partial charge in [0.25, 0.3) is 5.89 Å². The van der Waals surface area contributed by atoms with Gasteiger partial charge in [-0.1, -0.05) is 18.5 Å². The fourth-order valence-corrected chi connectivity index (χ4v) is 1.70. The summed E-state index contributed by atoms with van der Waals surface area (Å²) in [6.45, 7) is 2.08. The van der Waals surface area contributed by atoms with Crippen LogP contribution in [0.2, 0.25) is 0 Å². The molecule has 0 saturated heterocycles. The van der Waals surface area contributed by atoms with Crippen molar-refractivity contribution in [1.82, 2.24) is 10.1 Å². The van der Waals surface area contributed by atoms with Crippen molar-refractivity contribution in [2.45, 2.75) is 25.9 Å². The van der Waals surface area contributed by atoms with E-state index >= 15 is 0 Å². The number of ether oxygens (including phenoxy) is 1. The molecular formula is C13H16N2O3. The molecule has 1 atom stereocenters. The van der Waals surface area contributed by atoms with Crippen LogP contribution in [-0.2, 0) is 4.74 Å². The monoisotopic (exact) mass is 248 g/mol. The van der Waals surface area contributed by atoms with Gasteiger partial charge in [0.05, 0.1) is 0 Å². The average molecular weight is 248 g/mol. The van der Waals surface area contributed by atoms with E-state index in [9.17, 15) is 5.11 Å².